The van der Waals surface area contributed by atoms with Crippen LogP contribution < -0.4 is 5.73 Å². The number of ether oxygens (including phenoxy) is 1. The molecule has 3 heteroatoms. The van der Waals surface area contributed by atoms with E-state index in [-0.39, 0.29) is 0 Å². The van der Waals surface area contributed by atoms with Gasteiger partial charge < -0.3 is 10.5 Å². The summed E-state index contributed by atoms with van der Waals surface area (Å²) in [7, 11) is 0. The van der Waals surface area contributed by atoms with Gasteiger partial charge in [-0.1, -0.05) is 70.9 Å². The lowest BCUT2D eigenvalue weighted by molar-refractivity contribution is -0.129. The van der Waals surface area contributed by atoms with Gasteiger partial charge in [0.05, 0.1) is 0 Å². The maximum atomic E-state index is 9.76. The third-order valence-corrected chi connectivity index (χ3v) is 4.03. The van der Waals surface area contributed by atoms with E-state index in [2.05, 4.69) is 32.4 Å². The van der Waals surface area contributed by atoms with Crippen LogP contribution in [0.25, 0.3) is 0 Å². The van der Waals surface area contributed by atoms with Gasteiger partial charge in [0.25, 0.3) is 6.47 Å². The van der Waals surface area contributed by atoms with Gasteiger partial charge in [0.15, 0.2) is 0 Å². The van der Waals surface area contributed by atoms with Crippen molar-refractivity contribution in [3.63, 3.8) is 0 Å². The Hall–Kier alpha value is -1.35. The van der Waals surface area contributed by atoms with Crippen molar-refractivity contribution in [2.75, 3.05) is 0 Å². The minimum atomic E-state index is 0.365. The molecule has 1 aromatic carbocycles. The van der Waals surface area contributed by atoms with Crippen LogP contribution in [-0.2, 0) is 16.1 Å². The van der Waals surface area contributed by atoms with E-state index in [1.165, 1.54) is 12.8 Å². The molecule has 0 aromatic heterocycles. The highest BCUT2D eigenvalue weighted by Crippen LogP contribution is 2.22. The molecular formula is C18H31NO2. The molecule has 0 amide bonds. The molecule has 3 nitrogen and oxygen atoms in total. The lowest BCUT2D eigenvalue weighted by atomic mass is 9.83. The van der Waals surface area contributed by atoms with Crippen LogP contribution in [0.1, 0.15) is 52.5 Å². The summed E-state index contributed by atoms with van der Waals surface area (Å²) in [6, 6.07) is 9.96. The average molecular weight is 293 g/mol. The molecular weight excluding hydrogens is 262 g/mol. The number of hydrogen-bond acceptors (Lipinski definition) is 3. The summed E-state index contributed by atoms with van der Waals surface area (Å²) in [5, 5.41) is 0. The number of nitrogens with two attached hydrogens (primary N) is 1. The van der Waals surface area contributed by atoms with Crippen molar-refractivity contribution in [3.05, 3.63) is 35.9 Å². The first-order valence-corrected chi connectivity index (χ1v) is 7.95. The molecule has 0 heterocycles. The summed E-state index contributed by atoms with van der Waals surface area (Å²) in [5.41, 5.74) is 7.01. The van der Waals surface area contributed by atoms with Gasteiger partial charge in [0, 0.05) is 6.04 Å². The quantitative estimate of drug-likeness (QED) is 0.732. The second kappa shape index (κ2) is 12.4. The van der Waals surface area contributed by atoms with Crippen molar-refractivity contribution in [3.8, 4) is 0 Å². The maximum Gasteiger partial charge on any atom is 0.293 e. The van der Waals surface area contributed by atoms with Crippen LogP contribution in [-0.4, -0.2) is 12.5 Å². The SMILES string of the molecule is CCC(C)C(CC)C(N)CC.O=COCc1ccccc1. The van der Waals surface area contributed by atoms with Crippen LogP contribution in [0.4, 0.5) is 0 Å². The van der Waals surface area contributed by atoms with E-state index in [0.717, 1.165) is 23.8 Å². The molecule has 3 unspecified atom stereocenters. The topological polar surface area (TPSA) is 52.3 Å². The zero-order valence-corrected chi connectivity index (χ0v) is 13.9. The third-order valence-electron chi connectivity index (χ3n) is 4.03. The van der Waals surface area contributed by atoms with E-state index in [1.54, 1.807) is 0 Å². The molecule has 0 aliphatic carbocycles. The largest absolute Gasteiger partial charge is 0.463 e. The van der Waals surface area contributed by atoms with Crippen molar-refractivity contribution in [1.82, 2.24) is 0 Å². The predicted octanol–water partition coefficient (Wildman–Crippen LogP) is 4.16. The average Bonchev–Trinajstić information content (AvgIpc) is 2.54. The zero-order chi connectivity index (χ0) is 16.1. The molecule has 120 valence electrons. The van der Waals surface area contributed by atoms with Crippen molar-refractivity contribution in [2.45, 2.75) is 59.6 Å². The fourth-order valence-electron chi connectivity index (χ4n) is 2.44. The molecule has 0 spiro atoms. The summed E-state index contributed by atoms with van der Waals surface area (Å²) in [6.07, 6.45) is 3.60. The first kappa shape index (κ1) is 19.7. The molecule has 0 aliphatic heterocycles. The summed E-state index contributed by atoms with van der Waals surface area (Å²) in [5.74, 6) is 1.51. The van der Waals surface area contributed by atoms with E-state index < -0.39 is 0 Å². The number of hydrogen-bond donors (Lipinski definition) is 1. The van der Waals surface area contributed by atoms with Gasteiger partial charge in [-0.3, -0.25) is 4.79 Å². The Kier molecular flexibility index (Phi) is 11.6. The highest BCUT2D eigenvalue weighted by atomic mass is 16.5. The van der Waals surface area contributed by atoms with Crippen molar-refractivity contribution < 1.29 is 9.53 Å². The van der Waals surface area contributed by atoms with E-state index >= 15 is 0 Å². The predicted molar refractivity (Wildman–Crippen MR) is 88.8 cm³/mol. The number of carbonyl (C=O) groups excluding carboxylic acids is 1. The number of benzene rings is 1. The van der Waals surface area contributed by atoms with Gasteiger partial charge in [0.2, 0.25) is 0 Å². The Morgan fingerprint density at radius 1 is 1.10 bits per heavy atom. The van der Waals surface area contributed by atoms with E-state index in [1.807, 2.05) is 30.3 Å². The zero-order valence-electron chi connectivity index (χ0n) is 13.9. The molecule has 0 aliphatic rings. The van der Waals surface area contributed by atoms with Crippen LogP contribution in [0, 0.1) is 11.8 Å². The van der Waals surface area contributed by atoms with Gasteiger partial charge in [-0.05, 0) is 23.8 Å². The van der Waals surface area contributed by atoms with Gasteiger partial charge in [-0.25, -0.2) is 0 Å². The Labute approximate surface area is 129 Å². The smallest absolute Gasteiger partial charge is 0.293 e. The Balaban J connectivity index is 0.000000382. The first-order valence-electron chi connectivity index (χ1n) is 7.95. The minimum absolute atomic E-state index is 0.365. The molecule has 1 rings (SSSR count). The molecule has 21 heavy (non-hydrogen) atoms. The Bertz CT molecular complexity index is 343. The molecule has 0 fully saturated rings. The van der Waals surface area contributed by atoms with Gasteiger partial charge in [-0.15, -0.1) is 0 Å². The second-order valence-electron chi connectivity index (χ2n) is 5.42. The summed E-state index contributed by atoms with van der Waals surface area (Å²) < 4.78 is 4.54. The van der Waals surface area contributed by atoms with Crippen LogP contribution in [0.5, 0.6) is 0 Å². The van der Waals surface area contributed by atoms with Gasteiger partial charge >= 0.3 is 0 Å². The summed E-state index contributed by atoms with van der Waals surface area (Å²) >= 11 is 0. The normalized spacial score (nSPS) is 14.3. The first-order chi connectivity index (χ1) is 10.1. The molecule has 2 N–H and O–H groups in total. The molecule has 3 atom stereocenters. The maximum absolute atomic E-state index is 9.76. The molecule has 1 aromatic rings. The van der Waals surface area contributed by atoms with E-state index in [0.29, 0.717) is 19.1 Å². The lowest BCUT2D eigenvalue weighted by Gasteiger charge is -2.26. The fourth-order valence-corrected chi connectivity index (χ4v) is 2.44. The molecule has 0 saturated carbocycles. The molecule has 0 bridgehead atoms. The minimum Gasteiger partial charge on any atom is -0.463 e. The number of carbonyl (C=O) groups is 1. The summed E-state index contributed by atoms with van der Waals surface area (Å²) in [4.78, 5) is 9.76. The Morgan fingerprint density at radius 3 is 2.14 bits per heavy atom. The van der Waals surface area contributed by atoms with Crippen molar-refractivity contribution >= 4 is 6.47 Å². The molecule has 0 radical (unpaired) electrons. The van der Waals surface area contributed by atoms with E-state index in [4.69, 9.17) is 5.73 Å². The van der Waals surface area contributed by atoms with Crippen molar-refractivity contribution in [1.29, 1.82) is 0 Å². The van der Waals surface area contributed by atoms with Gasteiger partial charge in [-0.2, -0.15) is 0 Å². The number of rotatable bonds is 8. The monoisotopic (exact) mass is 293 g/mol. The van der Waals surface area contributed by atoms with Crippen LogP contribution in [0.15, 0.2) is 30.3 Å². The van der Waals surface area contributed by atoms with Gasteiger partial charge in [0.1, 0.15) is 6.61 Å². The third kappa shape index (κ3) is 8.51. The Morgan fingerprint density at radius 2 is 1.71 bits per heavy atom. The van der Waals surface area contributed by atoms with E-state index in [9.17, 15) is 4.79 Å². The highest BCUT2D eigenvalue weighted by molar-refractivity contribution is 5.37. The fraction of sp³-hybridized carbons (Fsp3) is 0.611. The highest BCUT2D eigenvalue weighted by Gasteiger charge is 2.19. The second-order valence-corrected chi connectivity index (χ2v) is 5.42. The molecule has 0 saturated heterocycles. The van der Waals surface area contributed by atoms with Crippen molar-refractivity contribution in [2.24, 2.45) is 17.6 Å². The summed E-state index contributed by atoms with van der Waals surface area (Å²) in [6.45, 7) is 9.79. The lowest BCUT2D eigenvalue weighted by Crippen LogP contribution is -2.33. The van der Waals surface area contributed by atoms with Crippen LogP contribution in [0.3, 0.4) is 0 Å². The standard InChI is InChI=1S/C10H23N.C8H8O2/c1-5-8(4)9(6-2)10(11)7-3;9-7-10-6-8-4-2-1-3-5-8/h8-10H,5-7,11H2,1-4H3;1-5,7H,6H2. The van der Waals surface area contributed by atoms with Crippen LogP contribution in [0.2, 0.25) is 0 Å². The van der Waals surface area contributed by atoms with Crippen LogP contribution >= 0.6 is 0 Å².